The monoisotopic (exact) mass is 444 g/mol. The molecule has 0 spiro atoms. The molecule has 6 nitrogen and oxygen atoms in total. The molecule has 0 atom stereocenters. The van der Waals surface area contributed by atoms with E-state index in [9.17, 15) is 9.90 Å². The summed E-state index contributed by atoms with van der Waals surface area (Å²) in [6.45, 7) is 2.92. The number of carbonyl (C=O) groups excluding carboxylic acids is 1. The minimum Gasteiger partial charge on any atom is -0.506 e. The Kier molecular flexibility index (Phi) is 6.39. The van der Waals surface area contributed by atoms with E-state index in [0.717, 1.165) is 25.7 Å². The van der Waals surface area contributed by atoms with Crippen molar-refractivity contribution in [1.29, 1.82) is 0 Å². The second kappa shape index (κ2) is 9.22. The Morgan fingerprint density at radius 3 is 2.44 bits per heavy atom. The zero-order chi connectivity index (χ0) is 22.8. The highest BCUT2D eigenvalue weighted by molar-refractivity contribution is 6.02. The van der Waals surface area contributed by atoms with E-state index in [1.807, 2.05) is 0 Å². The molecule has 32 heavy (non-hydrogen) atoms. The van der Waals surface area contributed by atoms with E-state index < -0.39 is 23.4 Å². The van der Waals surface area contributed by atoms with Crippen LogP contribution in [-0.4, -0.2) is 28.4 Å². The van der Waals surface area contributed by atoms with Gasteiger partial charge in [0.2, 0.25) is 0 Å². The predicted molar refractivity (Wildman–Crippen MR) is 114 cm³/mol. The average molecular weight is 444 g/mol. The van der Waals surface area contributed by atoms with Crippen molar-refractivity contribution >= 4 is 11.7 Å². The minimum absolute atomic E-state index is 0.0604. The van der Waals surface area contributed by atoms with Gasteiger partial charge >= 0.3 is 5.97 Å². The summed E-state index contributed by atoms with van der Waals surface area (Å²) in [6.07, 6.45) is 5.56. The lowest BCUT2D eigenvalue weighted by Crippen LogP contribution is -2.14. The van der Waals surface area contributed by atoms with Crippen LogP contribution in [-0.2, 0) is 16.1 Å². The molecule has 0 bridgehead atoms. The number of rotatable bonds is 6. The van der Waals surface area contributed by atoms with Gasteiger partial charge in [-0.25, -0.2) is 13.6 Å². The lowest BCUT2D eigenvalue weighted by atomic mass is 9.86. The first kappa shape index (κ1) is 22.2. The third-order valence-electron chi connectivity index (χ3n) is 6.28. The summed E-state index contributed by atoms with van der Waals surface area (Å²) in [6, 6.07) is 3.31. The van der Waals surface area contributed by atoms with Gasteiger partial charge in [0.05, 0.1) is 12.1 Å². The fourth-order valence-electron chi connectivity index (χ4n) is 4.42. The summed E-state index contributed by atoms with van der Waals surface area (Å²) < 4.78 is 35.4. The van der Waals surface area contributed by atoms with E-state index in [1.54, 1.807) is 26.0 Å². The van der Waals surface area contributed by atoms with Gasteiger partial charge in [-0.2, -0.15) is 0 Å². The van der Waals surface area contributed by atoms with Crippen LogP contribution < -0.4 is 4.74 Å². The van der Waals surface area contributed by atoms with Gasteiger partial charge in [-0.1, -0.05) is 24.4 Å². The maximum Gasteiger partial charge on any atom is 0.340 e. The van der Waals surface area contributed by atoms with Gasteiger partial charge in [-0.3, -0.25) is 4.98 Å². The van der Waals surface area contributed by atoms with Crippen LogP contribution in [0.3, 0.4) is 0 Å². The van der Waals surface area contributed by atoms with Gasteiger partial charge in [-0.15, -0.1) is 0 Å². The maximum atomic E-state index is 15.0. The molecule has 1 aromatic carbocycles. The summed E-state index contributed by atoms with van der Waals surface area (Å²) in [5, 5.41) is 13.8. The van der Waals surface area contributed by atoms with Gasteiger partial charge in [0.15, 0.2) is 17.4 Å². The molecular formula is C24H26F2N2O4. The Hall–Kier alpha value is -3.03. The van der Waals surface area contributed by atoms with Crippen LogP contribution in [0.2, 0.25) is 0 Å². The van der Waals surface area contributed by atoms with Crippen LogP contribution in [0.25, 0.3) is 0 Å². The van der Waals surface area contributed by atoms with Crippen molar-refractivity contribution in [3.05, 3.63) is 51.8 Å². The van der Waals surface area contributed by atoms with E-state index in [4.69, 9.17) is 4.74 Å². The molecule has 0 saturated heterocycles. The quantitative estimate of drug-likeness (QED) is 0.634. The minimum atomic E-state index is -0.791. The van der Waals surface area contributed by atoms with Gasteiger partial charge in [0.1, 0.15) is 18.1 Å². The SMILES string of the molecule is Cc1c(F)c(OCC2=NOC(=O)C2)c(F)c(C)c1Cc1ccc(O)c(C2CCCCC2)n1. The van der Waals surface area contributed by atoms with E-state index in [-0.39, 0.29) is 48.0 Å². The first-order chi connectivity index (χ1) is 15.3. The molecule has 1 fully saturated rings. The predicted octanol–water partition coefficient (Wildman–Crippen LogP) is 5.00. The van der Waals surface area contributed by atoms with Crippen LogP contribution in [0.1, 0.15) is 72.5 Å². The smallest absolute Gasteiger partial charge is 0.340 e. The third kappa shape index (κ3) is 4.45. The Morgan fingerprint density at radius 1 is 1.12 bits per heavy atom. The maximum absolute atomic E-state index is 15.0. The van der Waals surface area contributed by atoms with E-state index in [1.165, 1.54) is 6.42 Å². The zero-order valence-electron chi connectivity index (χ0n) is 18.2. The van der Waals surface area contributed by atoms with Gasteiger partial charge in [0, 0.05) is 18.0 Å². The lowest BCUT2D eigenvalue weighted by molar-refractivity contribution is -0.140. The van der Waals surface area contributed by atoms with Crippen LogP contribution in [0.4, 0.5) is 8.78 Å². The number of halogens is 2. The molecule has 1 N–H and O–H groups in total. The highest BCUT2D eigenvalue weighted by Crippen LogP contribution is 2.37. The summed E-state index contributed by atoms with van der Waals surface area (Å²) in [4.78, 5) is 20.2. The fraction of sp³-hybridized carbons (Fsp3) is 0.458. The van der Waals surface area contributed by atoms with Crippen molar-refractivity contribution in [1.82, 2.24) is 4.98 Å². The second-order valence-electron chi connectivity index (χ2n) is 8.49. The van der Waals surface area contributed by atoms with Crippen LogP contribution in [0, 0.1) is 25.5 Å². The standard InChI is InChI=1S/C24H26F2N2O4/c1-13-18(10-16-8-9-19(29)23(27-16)15-6-4-3-5-7-15)14(2)22(26)24(21(13)25)31-12-17-11-20(30)32-28-17/h8-9,15,29H,3-7,10-12H2,1-2H3. The van der Waals surface area contributed by atoms with E-state index in [0.29, 0.717) is 17.0 Å². The van der Waals surface area contributed by atoms with Crippen molar-refractivity contribution in [2.24, 2.45) is 5.16 Å². The molecule has 0 unspecified atom stereocenters. The number of oxime groups is 1. The second-order valence-corrected chi connectivity index (χ2v) is 8.49. The topological polar surface area (TPSA) is 81.0 Å². The molecule has 170 valence electrons. The zero-order valence-corrected chi connectivity index (χ0v) is 18.2. The number of ether oxygens (including phenoxy) is 1. The number of benzene rings is 1. The lowest BCUT2D eigenvalue weighted by Gasteiger charge is -2.22. The summed E-state index contributed by atoms with van der Waals surface area (Å²) >= 11 is 0. The fourth-order valence-corrected chi connectivity index (χ4v) is 4.42. The third-order valence-corrected chi connectivity index (χ3v) is 6.28. The number of pyridine rings is 1. The van der Waals surface area contributed by atoms with Crippen LogP contribution >= 0.6 is 0 Å². The Bertz CT molecular complexity index is 1050. The van der Waals surface area contributed by atoms with E-state index in [2.05, 4.69) is 15.0 Å². The Morgan fingerprint density at radius 2 is 1.81 bits per heavy atom. The molecule has 1 aromatic heterocycles. The van der Waals surface area contributed by atoms with Crippen molar-refractivity contribution in [2.45, 2.75) is 64.7 Å². The van der Waals surface area contributed by atoms with Gasteiger partial charge in [-0.05, 0) is 55.5 Å². The number of hydrogen-bond donors (Lipinski definition) is 1. The highest BCUT2D eigenvalue weighted by atomic mass is 19.1. The molecule has 2 aromatic rings. The first-order valence-corrected chi connectivity index (χ1v) is 10.9. The van der Waals surface area contributed by atoms with Gasteiger partial charge < -0.3 is 14.7 Å². The van der Waals surface area contributed by atoms with Crippen molar-refractivity contribution in [2.75, 3.05) is 6.61 Å². The van der Waals surface area contributed by atoms with E-state index >= 15 is 8.78 Å². The molecule has 2 aliphatic rings. The first-order valence-electron chi connectivity index (χ1n) is 10.9. The number of aromatic hydroxyl groups is 1. The molecule has 1 aliphatic heterocycles. The average Bonchev–Trinajstić information content (AvgIpc) is 3.22. The van der Waals surface area contributed by atoms with Gasteiger partial charge in [0.25, 0.3) is 0 Å². The molecule has 1 aliphatic carbocycles. The van der Waals surface area contributed by atoms with Crippen LogP contribution in [0.5, 0.6) is 11.5 Å². The number of hydrogen-bond acceptors (Lipinski definition) is 6. The molecule has 1 saturated carbocycles. The molecule has 2 heterocycles. The normalized spacial score (nSPS) is 16.8. The highest BCUT2D eigenvalue weighted by Gasteiger charge is 2.25. The summed E-state index contributed by atoms with van der Waals surface area (Å²) in [7, 11) is 0. The van der Waals surface area contributed by atoms with Crippen molar-refractivity contribution in [3.8, 4) is 11.5 Å². The molecular weight excluding hydrogens is 418 g/mol. The van der Waals surface area contributed by atoms with Crippen LogP contribution in [0.15, 0.2) is 17.3 Å². The molecule has 0 amide bonds. The number of nitrogens with zero attached hydrogens (tertiary/aromatic N) is 2. The van der Waals surface area contributed by atoms with Crippen molar-refractivity contribution < 1.29 is 28.3 Å². The summed E-state index contributed by atoms with van der Waals surface area (Å²) in [5.74, 6) is -2.22. The molecule has 8 heteroatoms. The van der Waals surface area contributed by atoms with Crippen molar-refractivity contribution in [3.63, 3.8) is 0 Å². The number of aromatic nitrogens is 1. The number of carbonyl (C=O) groups is 1. The summed E-state index contributed by atoms with van der Waals surface area (Å²) in [5.41, 5.74) is 2.64. The largest absolute Gasteiger partial charge is 0.506 e. The Balaban J connectivity index is 1.58. The Labute approximate surface area is 185 Å². The molecule has 0 radical (unpaired) electrons. The molecule has 4 rings (SSSR count).